The van der Waals surface area contributed by atoms with Crippen molar-refractivity contribution in [2.45, 2.75) is 13.3 Å². The summed E-state index contributed by atoms with van der Waals surface area (Å²) >= 11 is 0. The van der Waals surface area contributed by atoms with Gasteiger partial charge in [-0.2, -0.15) is 0 Å². The molecule has 1 aromatic rings. The summed E-state index contributed by atoms with van der Waals surface area (Å²) in [5.41, 5.74) is 6.06. The van der Waals surface area contributed by atoms with Gasteiger partial charge >= 0.3 is 0 Å². The Bertz CT molecular complexity index is 415. The van der Waals surface area contributed by atoms with Gasteiger partial charge in [-0.25, -0.2) is 0 Å². The number of benzene rings is 1. The van der Waals surface area contributed by atoms with Gasteiger partial charge in [-0.1, -0.05) is 13.0 Å². The first kappa shape index (κ1) is 15.3. The minimum absolute atomic E-state index is 0.0805. The van der Waals surface area contributed by atoms with E-state index in [0.717, 1.165) is 6.42 Å². The number of ether oxygens (including phenoxy) is 2. The molecule has 5 heteroatoms. The van der Waals surface area contributed by atoms with Crippen molar-refractivity contribution in [1.82, 2.24) is 4.90 Å². The molecule has 0 aliphatic heterocycles. The van der Waals surface area contributed by atoms with Crippen LogP contribution in [0.2, 0.25) is 0 Å². The van der Waals surface area contributed by atoms with Gasteiger partial charge in [-0.3, -0.25) is 4.79 Å². The Morgan fingerprint density at radius 1 is 1.26 bits per heavy atom. The predicted octanol–water partition coefficient (Wildman–Crippen LogP) is 1.51. The first-order valence-electron chi connectivity index (χ1n) is 6.39. The van der Waals surface area contributed by atoms with Crippen molar-refractivity contribution in [3.05, 3.63) is 23.8 Å². The maximum absolute atomic E-state index is 12.5. The van der Waals surface area contributed by atoms with Crippen LogP contribution in [0, 0.1) is 0 Å². The standard InChI is InChI=1S/C14H22N2O3/c1-4-9-16(10-8-15)14(17)11-6-5-7-12(18-2)13(11)19-3/h5-7H,4,8-10,15H2,1-3H3. The summed E-state index contributed by atoms with van der Waals surface area (Å²) in [6.07, 6.45) is 0.887. The molecule has 0 bridgehead atoms. The number of nitrogens with two attached hydrogens (primary N) is 1. The molecule has 5 nitrogen and oxygen atoms in total. The summed E-state index contributed by atoms with van der Waals surface area (Å²) < 4.78 is 10.5. The van der Waals surface area contributed by atoms with Crippen molar-refractivity contribution in [2.75, 3.05) is 33.9 Å². The molecule has 0 saturated heterocycles. The third-order valence-electron chi connectivity index (χ3n) is 2.81. The summed E-state index contributed by atoms with van der Waals surface area (Å²) in [4.78, 5) is 14.2. The zero-order valence-electron chi connectivity index (χ0n) is 11.8. The van der Waals surface area contributed by atoms with Gasteiger partial charge in [0.2, 0.25) is 0 Å². The van der Waals surface area contributed by atoms with Gasteiger partial charge < -0.3 is 20.1 Å². The number of nitrogens with zero attached hydrogens (tertiary/aromatic N) is 1. The van der Waals surface area contributed by atoms with E-state index in [0.29, 0.717) is 36.7 Å². The van der Waals surface area contributed by atoms with Crippen molar-refractivity contribution in [2.24, 2.45) is 5.73 Å². The van der Waals surface area contributed by atoms with Gasteiger partial charge in [-0.05, 0) is 18.6 Å². The van der Waals surface area contributed by atoms with Crippen molar-refractivity contribution in [3.8, 4) is 11.5 Å². The molecular weight excluding hydrogens is 244 g/mol. The lowest BCUT2D eigenvalue weighted by atomic mass is 10.1. The summed E-state index contributed by atoms with van der Waals surface area (Å²) in [5, 5.41) is 0. The fraction of sp³-hybridized carbons (Fsp3) is 0.500. The summed E-state index contributed by atoms with van der Waals surface area (Å²) in [7, 11) is 3.08. The van der Waals surface area contributed by atoms with Gasteiger partial charge in [0.05, 0.1) is 19.8 Å². The molecule has 0 heterocycles. The second-order valence-electron chi connectivity index (χ2n) is 4.12. The zero-order valence-corrected chi connectivity index (χ0v) is 11.8. The smallest absolute Gasteiger partial charge is 0.257 e. The van der Waals surface area contributed by atoms with Gasteiger partial charge in [0.15, 0.2) is 11.5 Å². The molecule has 1 amide bonds. The average Bonchev–Trinajstić information content (AvgIpc) is 2.45. The lowest BCUT2D eigenvalue weighted by molar-refractivity contribution is 0.0756. The molecule has 0 atom stereocenters. The van der Waals surface area contributed by atoms with Crippen LogP contribution in [-0.2, 0) is 0 Å². The third kappa shape index (κ3) is 3.61. The Hall–Kier alpha value is -1.75. The normalized spacial score (nSPS) is 10.1. The van der Waals surface area contributed by atoms with Crippen LogP contribution in [0.4, 0.5) is 0 Å². The number of rotatable bonds is 7. The monoisotopic (exact) mass is 266 g/mol. The third-order valence-corrected chi connectivity index (χ3v) is 2.81. The minimum atomic E-state index is -0.0805. The SMILES string of the molecule is CCCN(CCN)C(=O)c1cccc(OC)c1OC. The molecule has 0 radical (unpaired) electrons. The molecule has 1 rings (SSSR count). The van der Waals surface area contributed by atoms with E-state index < -0.39 is 0 Å². The van der Waals surface area contributed by atoms with Crippen LogP contribution in [0.3, 0.4) is 0 Å². The lowest BCUT2D eigenvalue weighted by Gasteiger charge is -2.22. The van der Waals surface area contributed by atoms with Crippen LogP contribution in [0.5, 0.6) is 11.5 Å². The zero-order chi connectivity index (χ0) is 14.3. The minimum Gasteiger partial charge on any atom is -0.493 e. The number of methoxy groups -OCH3 is 2. The van der Waals surface area contributed by atoms with Crippen LogP contribution in [-0.4, -0.2) is 44.7 Å². The molecule has 0 aliphatic rings. The molecule has 19 heavy (non-hydrogen) atoms. The number of carbonyl (C=O) groups excluding carboxylic acids is 1. The Morgan fingerprint density at radius 2 is 2.00 bits per heavy atom. The van der Waals surface area contributed by atoms with Crippen LogP contribution in [0.25, 0.3) is 0 Å². The largest absolute Gasteiger partial charge is 0.493 e. The first-order chi connectivity index (χ1) is 9.19. The molecular formula is C14H22N2O3. The highest BCUT2D eigenvalue weighted by molar-refractivity contribution is 5.97. The summed E-state index contributed by atoms with van der Waals surface area (Å²) in [6.45, 7) is 3.68. The number of amides is 1. The Kier molecular flexibility index (Phi) is 6.15. The number of para-hydroxylation sites is 1. The highest BCUT2D eigenvalue weighted by Crippen LogP contribution is 2.31. The van der Waals surface area contributed by atoms with Crippen LogP contribution >= 0.6 is 0 Å². The van der Waals surface area contributed by atoms with Gasteiger partial charge in [-0.15, -0.1) is 0 Å². The van der Waals surface area contributed by atoms with E-state index in [4.69, 9.17) is 15.2 Å². The topological polar surface area (TPSA) is 64.8 Å². The van der Waals surface area contributed by atoms with Crippen molar-refractivity contribution in [1.29, 1.82) is 0 Å². The van der Waals surface area contributed by atoms with E-state index in [-0.39, 0.29) is 5.91 Å². The summed E-state index contributed by atoms with van der Waals surface area (Å²) in [5.74, 6) is 0.939. The first-order valence-corrected chi connectivity index (χ1v) is 6.39. The van der Waals surface area contributed by atoms with Gasteiger partial charge in [0.25, 0.3) is 5.91 Å². The lowest BCUT2D eigenvalue weighted by Crippen LogP contribution is -2.36. The van der Waals surface area contributed by atoms with Gasteiger partial charge in [0.1, 0.15) is 0 Å². The van der Waals surface area contributed by atoms with Crippen LogP contribution in [0.15, 0.2) is 18.2 Å². The fourth-order valence-corrected chi connectivity index (χ4v) is 1.97. The molecule has 106 valence electrons. The summed E-state index contributed by atoms with van der Waals surface area (Å²) in [6, 6.07) is 5.28. The highest BCUT2D eigenvalue weighted by Gasteiger charge is 2.20. The van der Waals surface area contributed by atoms with Gasteiger partial charge in [0, 0.05) is 19.6 Å². The second kappa shape index (κ2) is 7.63. The maximum Gasteiger partial charge on any atom is 0.257 e. The molecule has 1 aromatic carbocycles. The fourth-order valence-electron chi connectivity index (χ4n) is 1.97. The quantitative estimate of drug-likeness (QED) is 0.812. The van der Waals surface area contributed by atoms with Crippen molar-refractivity contribution < 1.29 is 14.3 Å². The van der Waals surface area contributed by atoms with E-state index in [2.05, 4.69) is 0 Å². The molecule has 0 aliphatic carbocycles. The van der Waals surface area contributed by atoms with Crippen LogP contribution in [0.1, 0.15) is 23.7 Å². The molecule has 0 fully saturated rings. The molecule has 0 unspecified atom stereocenters. The predicted molar refractivity (Wildman–Crippen MR) is 74.8 cm³/mol. The second-order valence-corrected chi connectivity index (χ2v) is 4.12. The maximum atomic E-state index is 12.5. The number of carbonyl (C=O) groups is 1. The van der Waals surface area contributed by atoms with Crippen molar-refractivity contribution in [3.63, 3.8) is 0 Å². The molecule has 0 spiro atoms. The number of hydrogen-bond acceptors (Lipinski definition) is 4. The Labute approximate surface area is 114 Å². The molecule has 2 N–H and O–H groups in total. The Balaban J connectivity index is 3.09. The van der Waals surface area contributed by atoms with E-state index in [1.54, 1.807) is 30.2 Å². The van der Waals surface area contributed by atoms with E-state index in [1.807, 2.05) is 6.92 Å². The van der Waals surface area contributed by atoms with E-state index in [1.165, 1.54) is 7.11 Å². The molecule has 0 aromatic heterocycles. The van der Waals surface area contributed by atoms with E-state index in [9.17, 15) is 4.79 Å². The molecule has 0 saturated carbocycles. The van der Waals surface area contributed by atoms with E-state index >= 15 is 0 Å². The Morgan fingerprint density at radius 3 is 2.53 bits per heavy atom. The number of hydrogen-bond donors (Lipinski definition) is 1. The van der Waals surface area contributed by atoms with Crippen molar-refractivity contribution >= 4 is 5.91 Å². The van der Waals surface area contributed by atoms with Crippen LogP contribution < -0.4 is 15.2 Å². The average molecular weight is 266 g/mol. The highest BCUT2D eigenvalue weighted by atomic mass is 16.5.